The van der Waals surface area contributed by atoms with Gasteiger partial charge in [-0.05, 0) is 0 Å². The molecule has 0 aliphatic rings. The largest absolute Gasteiger partial charge is 0.481 e. The van der Waals surface area contributed by atoms with Gasteiger partial charge >= 0.3 is 0 Å². The molecule has 2 radical (unpaired) electrons. The van der Waals surface area contributed by atoms with Crippen molar-refractivity contribution in [3.63, 3.8) is 0 Å². The van der Waals surface area contributed by atoms with Gasteiger partial charge in [0, 0.05) is 58.6 Å². The minimum absolute atomic E-state index is 0. The molecule has 0 aromatic rings. The van der Waals surface area contributed by atoms with E-state index in [1.54, 1.807) is 0 Å². The molecule has 10 heavy (non-hydrogen) atoms. The van der Waals surface area contributed by atoms with E-state index in [0.29, 0.717) is 0 Å². The van der Waals surface area contributed by atoms with E-state index >= 15 is 0 Å². The van der Waals surface area contributed by atoms with Gasteiger partial charge < -0.3 is 10.2 Å². The van der Waals surface area contributed by atoms with Crippen LogP contribution in [0.5, 0.6) is 0 Å². The van der Waals surface area contributed by atoms with E-state index in [4.69, 9.17) is 19.8 Å². The molecule has 0 atom stereocenters. The molecule has 0 aliphatic heterocycles. The van der Waals surface area contributed by atoms with Crippen LogP contribution in [0, 0.1) is 0 Å². The molecule has 0 rings (SSSR count). The molecular formula is C4H8Ag2O4. The van der Waals surface area contributed by atoms with Crippen molar-refractivity contribution in [2.45, 2.75) is 13.8 Å². The van der Waals surface area contributed by atoms with E-state index < -0.39 is 11.9 Å². The molecule has 0 amide bonds. The van der Waals surface area contributed by atoms with Crippen LogP contribution >= 0.6 is 0 Å². The van der Waals surface area contributed by atoms with E-state index in [1.165, 1.54) is 0 Å². The van der Waals surface area contributed by atoms with Crippen LogP contribution in [-0.4, -0.2) is 22.2 Å². The van der Waals surface area contributed by atoms with Crippen molar-refractivity contribution in [3.05, 3.63) is 0 Å². The molecule has 2 N–H and O–H groups in total. The summed E-state index contributed by atoms with van der Waals surface area (Å²) < 4.78 is 0. The van der Waals surface area contributed by atoms with Gasteiger partial charge in [-0.2, -0.15) is 0 Å². The molecule has 0 saturated carbocycles. The second-order valence-electron chi connectivity index (χ2n) is 1.04. The summed E-state index contributed by atoms with van der Waals surface area (Å²) in [6.07, 6.45) is 0. The van der Waals surface area contributed by atoms with Gasteiger partial charge in [-0.1, -0.05) is 0 Å². The van der Waals surface area contributed by atoms with E-state index in [1.807, 2.05) is 0 Å². The van der Waals surface area contributed by atoms with Crippen LogP contribution in [0.2, 0.25) is 0 Å². The molecule has 70 valence electrons. The van der Waals surface area contributed by atoms with Gasteiger partial charge in [0.05, 0.1) is 0 Å². The van der Waals surface area contributed by atoms with Crippen molar-refractivity contribution >= 4 is 11.9 Å². The number of carboxylic acid groups (broad SMARTS) is 2. The third-order valence-corrected chi connectivity index (χ3v) is 0. The molecule has 0 fully saturated rings. The third kappa shape index (κ3) is 2620. The van der Waals surface area contributed by atoms with Crippen LogP contribution in [-0.2, 0) is 54.3 Å². The van der Waals surface area contributed by atoms with Gasteiger partial charge in [-0.3, -0.25) is 9.59 Å². The topological polar surface area (TPSA) is 74.6 Å². The fraction of sp³-hybridized carbons (Fsp3) is 0.500. The minimum atomic E-state index is -0.833. The van der Waals surface area contributed by atoms with Gasteiger partial charge in [0.2, 0.25) is 0 Å². The fourth-order valence-electron chi connectivity index (χ4n) is 0. The zero-order valence-electron chi connectivity index (χ0n) is 5.31. The van der Waals surface area contributed by atoms with E-state index in [-0.39, 0.29) is 44.8 Å². The summed E-state index contributed by atoms with van der Waals surface area (Å²) in [4.78, 5) is 18.0. The SMILES string of the molecule is CC(=O)O.CC(=O)O.[Ag].[Ag]. The second kappa shape index (κ2) is 16.2. The Morgan fingerprint density at radius 2 is 0.900 bits per heavy atom. The Morgan fingerprint density at radius 1 is 0.900 bits per heavy atom. The van der Waals surface area contributed by atoms with Crippen molar-refractivity contribution in [2.24, 2.45) is 0 Å². The third-order valence-electron chi connectivity index (χ3n) is 0. The Morgan fingerprint density at radius 3 is 0.900 bits per heavy atom. The number of carbonyl (C=O) groups is 2. The summed E-state index contributed by atoms with van der Waals surface area (Å²) in [5, 5.41) is 14.8. The predicted octanol–water partition coefficient (Wildman–Crippen LogP) is 0.177. The number of carboxylic acids is 2. The zero-order valence-corrected chi connectivity index (χ0v) is 8.28. The van der Waals surface area contributed by atoms with Crippen LogP contribution < -0.4 is 0 Å². The standard InChI is InChI=1S/2C2H4O2.2Ag/c2*1-2(3)4;;/h2*1H3,(H,3,4);;. The molecule has 0 aromatic carbocycles. The Balaban J connectivity index is -0.0000000300. The summed E-state index contributed by atoms with van der Waals surface area (Å²) >= 11 is 0. The molecule has 0 aromatic heterocycles. The predicted molar refractivity (Wildman–Crippen MR) is 26.6 cm³/mol. The molecule has 6 heteroatoms. The summed E-state index contributed by atoms with van der Waals surface area (Å²) in [6.45, 7) is 2.17. The van der Waals surface area contributed by atoms with Crippen molar-refractivity contribution in [1.29, 1.82) is 0 Å². The molecule has 0 saturated heterocycles. The van der Waals surface area contributed by atoms with E-state index in [9.17, 15) is 0 Å². The zero-order chi connectivity index (χ0) is 7.15. The molecule has 4 nitrogen and oxygen atoms in total. The van der Waals surface area contributed by atoms with E-state index in [0.717, 1.165) is 13.8 Å². The Labute approximate surface area is 90.0 Å². The first-order valence-electron chi connectivity index (χ1n) is 1.86. The summed E-state index contributed by atoms with van der Waals surface area (Å²) in [5.74, 6) is -1.67. The van der Waals surface area contributed by atoms with Crippen molar-refractivity contribution in [2.75, 3.05) is 0 Å². The van der Waals surface area contributed by atoms with E-state index in [2.05, 4.69) is 0 Å². The Hall–Kier alpha value is 0.421. The van der Waals surface area contributed by atoms with Gasteiger partial charge in [0.15, 0.2) is 0 Å². The number of hydrogen-bond acceptors (Lipinski definition) is 2. The molecule has 0 heterocycles. The van der Waals surface area contributed by atoms with Gasteiger partial charge in [-0.15, -0.1) is 0 Å². The second-order valence-corrected chi connectivity index (χ2v) is 1.04. The number of hydrogen-bond donors (Lipinski definition) is 2. The first-order valence-corrected chi connectivity index (χ1v) is 1.86. The number of aliphatic carboxylic acids is 2. The Kier molecular flexibility index (Phi) is 36.4. The Bertz CT molecular complexity index is 73.3. The van der Waals surface area contributed by atoms with Crippen LogP contribution in [0.1, 0.15) is 13.8 Å². The average Bonchev–Trinajstić information content (AvgIpc) is 1.25. The van der Waals surface area contributed by atoms with Gasteiger partial charge in [-0.25, -0.2) is 0 Å². The van der Waals surface area contributed by atoms with Crippen molar-refractivity contribution in [1.82, 2.24) is 0 Å². The summed E-state index contributed by atoms with van der Waals surface area (Å²) in [7, 11) is 0. The first kappa shape index (κ1) is 22.4. The molecular weight excluding hydrogens is 328 g/mol. The molecule has 0 aliphatic carbocycles. The van der Waals surface area contributed by atoms with Crippen LogP contribution in [0.4, 0.5) is 0 Å². The van der Waals surface area contributed by atoms with Crippen molar-refractivity contribution < 1.29 is 64.6 Å². The maximum atomic E-state index is 9.00. The summed E-state index contributed by atoms with van der Waals surface area (Å²) in [6, 6.07) is 0. The quantitative estimate of drug-likeness (QED) is 0.619. The first-order chi connectivity index (χ1) is 3.46. The minimum Gasteiger partial charge on any atom is -0.481 e. The molecule has 0 unspecified atom stereocenters. The van der Waals surface area contributed by atoms with Crippen LogP contribution in [0.25, 0.3) is 0 Å². The summed E-state index contributed by atoms with van der Waals surface area (Å²) in [5.41, 5.74) is 0. The van der Waals surface area contributed by atoms with Crippen molar-refractivity contribution in [3.8, 4) is 0 Å². The molecule has 0 bridgehead atoms. The normalized spacial score (nSPS) is 5.00. The maximum Gasteiger partial charge on any atom is 0.300 e. The van der Waals surface area contributed by atoms with Gasteiger partial charge in [0.1, 0.15) is 0 Å². The van der Waals surface area contributed by atoms with Crippen LogP contribution in [0.15, 0.2) is 0 Å². The van der Waals surface area contributed by atoms with Gasteiger partial charge in [0.25, 0.3) is 11.9 Å². The fourth-order valence-corrected chi connectivity index (χ4v) is 0. The number of rotatable bonds is 0. The average molecular weight is 336 g/mol. The molecule has 0 spiro atoms. The van der Waals surface area contributed by atoms with Crippen LogP contribution in [0.3, 0.4) is 0 Å². The smallest absolute Gasteiger partial charge is 0.300 e. The maximum absolute atomic E-state index is 9.00. The monoisotopic (exact) mass is 334 g/mol.